The van der Waals surface area contributed by atoms with Crippen LogP contribution in [0.3, 0.4) is 0 Å². The van der Waals surface area contributed by atoms with Crippen LogP contribution in [0.4, 0.5) is 5.13 Å². The first kappa shape index (κ1) is 13.5. The molecule has 2 heterocycles. The molecule has 1 aliphatic heterocycles. The molecule has 0 aliphatic carbocycles. The van der Waals surface area contributed by atoms with Gasteiger partial charge in [-0.1, -0.05) is 25.2 Å². The zero-order valence-corrected chi connectivity index (χ0v) is 12.1. The Balaban J connectivity index is 2.22. The third-order valence-corrected chi connectivity index (χ3v) is 5.61. The number of nitrogens with zero attached hydrogens (tertiary/aromatic N) is 2. The van der Waals surface area contributed by atoms with Crippen molar-refractivity contribution in [3.05, 3.63) is 10.6 Å². The topological polar surface area (TPSA) is 67.3 Å². The zero-order valence-electron chi connectivity index (χ0n) is 10.4. The lowest BCUT2D eigenvalue weighted by Gasteiger charge is -2.25. The SMILES string of the molecule is CC(C)c1nc(N2CCS(=O)(=O)CC2)sc1C=O. The molecule has 1 fully saturated rings. The zero-order chi connectivity index (χ0) is 13.3. The third kappa shape index (κ3) is 2.72. The van der Waals surface area contributed by atoms with Crippen molar-refractivity contribution in [1.82, 2.24) is 4.98 Å². The molecule has 18 heavy (non-hydrogen) atoms. The van der Waals surface area contributed by atoms with Crippen LogP contribution in [0.15, 0.2) is 0 Å². The van der Waals surface area contributed by atoms with E-state index in [0.29, 0.717) is 18.0 Å². The summed E-state index contributed by atoms with van der Waals surface area (Å²) in [6, 6.07) is 0. The number of thiazole rings is 1. The third-order valence-electron chi connectivity index (χ3n) is 2.94. The van der Waals surface area contributed by atoms with Crippen LogP contribution in [0.1, 0.15) is 35.1 Å². The maximum Gasteiger partial charge on any atom is 0.186 e. The first-order valence-electron chi connectivity index (χ1n) is 5.84. The second kappa shape index (κ2) is 4.97. The summed E-state index contributed by atoms with van der Waals surface area (Å²) in [6.07, 6.45) is 0.831. The molecule has 0 amide bonds. The Hall–Kier alpha value is -0.950. The number of sulfone groups is 1. The van der Waals surface area contributed by atoms with Crippen LogP contribution < -0.4 is 4.90 Å². The Morgan fingerprint density at radius 3 is 2.39 bits per heavy atom. The second-order valence-electron chi connectivity index (χ2n) is 4.66. The van der Waals surface area contributed by atoms with E-state index in [2.05, 4.69) is 4.98 Å². The molecule has 0 spiro atoms. The van der Waals surface area contributed by atoms with E-state index >= 15 is 0 Å². The predicted molar refractivity (Wildman–Crippen MR) is 72.5 cm³/mol. The van der Waals surface area contributed by atoms with E-state index in [4.69, 9.17) is 0 Å². The normalized spacial score (nSPS) is 19.2. The molecule has 5 nitrogen and oxygen atoms in total. The van der Waals surface area contributed by atoms with Gasteiger partial charge < -0.3 is 4.90 Å². The smallest absolute Gasteiger partial charge is 0.186 e. The first-order valence-corrected chi connectivity index (χ1v) is 8.48. The lowest BCUT2D eigenvalue weighted by molar-refractivity contribution is 0.112. The fourth-order valence-electron chi connectivity index (χ4n) is 1.87. The van der Waals surface area contributed by atoms with Gasteiger partial charge >= 0.3 is 0 Å². The summed E-state index contributed by atoms with van der Waals surface area (Å²) in [5.74, 6) is 0.531. The average Bonchev–Trinajstić information content (AvgIpc) is 2.73. The maximum atomic E-state index is 11.4. The molecule has 100 valence electrons. The van der Waals surface area contributed by atoms with Crippen molar-refractivity contribution >= 4 is 32.6 Å². The summed E-state index contributed by atoms with van der Waals surface area (Å²) in [7, 11) is -2.88. The van der Waals surface area contributed by atoms with Crippen molar-refractivity contribution in [3.63, 3.8) is 0 Å². The highest BCUT2D eigenvalue weighted by Crippen LogP contribution is 2.30. The minimum Gasteiger partial charge on any atom is -0.346 e. The Bertz CT molecular complexity index is 535. The number of aromatic nitrogens is 1. The molecule has 0 unspecified atom stereocenters. The number of hydrogen-bond acceptors (Lipinski definition) is 6. The van der Waals surface area contributed by atoms with E-state index in [1.54, 1.807) is 0 Å². The van der Waals surface area contributed by atoms with Gasteiger partial charge in [-0.15, -0.1) is 0 Å². The van der Waals surface area contributed by atoms with E-state index in [-0.39, 0.29) is 17.4 Å². The van der Waals surface area contributed by atoms with Gasteiger partial charge in [0.2, 0.25) is 0 Å². The lowest BCUT2D eigenvalue weighted by Crippen LogP contribution is -2.40. The monoisotopic (exact) mass is 288 g/mol. The van der Waals surface area contributed by atoms with Crippen molar-refractivity contribution in [3.8, 4) is 0 Å². The van der Waals surface area contributed by atoms with E-state index in [9.17, 15) is 13.2 Å². The van der Waals surface area contributed by atoms with Crippen molar-refractivity contribution < 1.29 is 13.2 Å². The van der Waals surface area contributed by atoms with Crippen LogP contribution in [-0.4, -0.2) is 44.3 Å². The quantitative estimate of drug-likeness (QED) is 0.785. The molecule has 1 aromatic heterocycles. The van der Waals surface area contributed by atoms with Gasteiger partial charge in [0.25, 0.3) is 0 Å². The Labute approximate surface area is 111 Å². The van der Waals surface area contributed by atoms with Gasteiger partial charge in [-0.2, -0.15) is 0 Å². The van der Waals surface area contributed by atoms with Gasteiger partial charge in [-0.3, -0.25) is 4.79 Å². The molecule has 0 radical (unpaired) electrons. The summed E-state index contributed by atoms with van der Waals surface area (Å²) >= 11 is 1.35. The summed E-state index contributed by atoms with van der Waals surface area (Å²) in [6.45, 7) is 4.91. The van der Waals surface area contributed by atoms with Gasteiger partial charge in [-0.25, -0.2) is 13.4 Å². The van der Waals surface area contributed by atoms with E-state index in [1.165, 1.54) is 11.3 Å². The summed E-state index contributed by atoms with van der Waals surface area (Å²) in [4.78, 5) is 18.1. The molecular formula is C11H16N2O3S2. The molecule has 0 aromatic carbocycles. The van der Waals surface area contributed by atoms with Crippen molar-refractivity contribution in [2.24, 2.45) is 0 Å². The minimum atomic E-state index is -2.88. The Kier molecular flexibility index (Phi) is 3.72. The molecule has 0 N–H and O–H groups in total. The van der Waals surface area contributed by atoms with E-state index in [1.807, 2.05) is 18.7 Å². The van der Waals surface area contributed by atoms with Crippen molar-refractivity contribution in [1.29, 1.82) is 0 Å². The van der Waals surface area contributed by atoms with Gasteiger partial charge in [-0.05, 0) is 5.92 Å². The number of carbonyl (C=O) groups is 1. The molecule has 1 aliphatic rings. The first-order chi connectivity index (χ1) is 8.43. The molecule has 2 rings (SSSR count). The molecule has 0 atom stereocenters. The van der Waals surface area contributed by atoms with E-state index < -0.39 is 9.84 Å². The average molecular weight is 288 g/mol. The largest absolute Gasteiger partial charge is 0.346 e. The summed E-state index contributed by atoms with van der Waals surface area (Å²) < 4.78 is 22.7. The number of hydrogen-bond donors (Lipinski definition) is 0. The van der Waals surface area contributed by atoms with Gasteiger partial charge in [0.1, 0.15) is 0 Å². The molecule has 1 aromatic rings. The van der Waals surface area contributed by atoms with Gasteiger partial charge in [0.15, 0.2) is 21.3 Å². The molecule has 0 saturated carbocycles. The van der Waals surface area contributed by atoms with E-state index in [0.717, 1.165) is 17.1 Å². The van der Waals surface area contributed by atoms with Crippen molar-refractivity contribution in [2.75, 3.05) is 29.5 Å². The highest BCUT2D eigenvalue weighted by molar-refractivity contribution is 7.91. The molecule has 7 heteroatoms. The second-order valence-corrected chi connectivity index (χ2v) is 7.97. The highest BCUT2D eigenvalue weighted by atomic mass is 32.2. The Morgan fingerprint density at radius 1 is 1.33 bits per heavy atom. The molecule has 0 bridgehead atoms. The van der Waals surface area contributed by atoms with Crippen LogP contribution >= 0.6 is 11.3 Å². The number of carbonyl (C=O) groups excluding carboxylic acids is 1. The minimum absolute atomic E-state index is 0.167. The lowest BCUT2D eigenvalue weighted by atomic mass is 10.1. The van der Waals surface area contributed by atoms with Gasteiger partial charge in [0, 0.05) is 13.1 Å². The van der Waals surface area contributed by atoms with Crippen molar-refractivity contribution in [2.45, 2.75) is 19.8 Å². The fraction of sp³-hybridized carbons (Fsp3) is 0.636. The predicted octanol–water partition coefficient (Wildman–Crippen LogP) is 1.31. The Morgan fingerprint density at radius 2 is 1.94 bits per heavy atom. The number of rotatable bonds is 3. The van der Waals surface area contributed by atoms with Gasteiger partial charge in [0.05, 0.1) is 22.1 Å². The number of aldehydes is 1. The molecule has 1 saturated heterocycles. The maximum absolute atomic E-state index is 11.4. The number of anilines is 1. The standard InChI is InChI=1S/C11H16N2O3S2/c1-8(2)10-9(7-14)17-11(12-10)13-3-5-18(15,16)6-4-13/h7-8H,3-6H2,1-2H3. The van der Waals surface area contributed by atoms with Crippen LogP contribution in [-0.2, 0) is 9.84 Å². The van der Waals surface area contributed by atoms with Crippen LogP contribution in [0.2, 0.25) is 0 Å². The summed E-state index contributed by atoms with van der Waals surface area (Å²) in [5, 5.41) is 0.760. The molecular weight excluding hydrogens is 272 g/mol. The fourth-order valence-corrected chi connectivity index (χ4v) is 4.16. The highest BCUT2D eigenvalue weighted by Gasteiger charge is 2.25. The van der Waals surface area contributed by atoms with Crippen LogP contribution in [0.5, 0.6) is 0 Å². The van der Waals surface area contributed by atoms with Crippen LogP contribution in [0.25, 0.3) is 0 Å². The summed E-state index contributed by atoms with van der Waals surface area (Å²) in [5.41, 5.74) is 0.804. The van der Waals surface area contributed by atoms with Crippen LogP contribution in [0, 0.1) is 0 Å².